The number of ether oxygens (including phenoxy) is 1. The first-order chi connectivity index (χ1) is 11.1. The molecule has 0 aliphatic rings. The van der Waals surface area contributed by atoms with Crippen LogP contribution in [-0.4, -0.2) is 25.3 Å². The fraction of sp³-hybridized carbons (Fsp3) is 0.176. The zero-order valence-corrected chi connectivity index (χ0v) is 13.7. The van der Waals surface area contributed by atoms with Gasteiger partial charge < -0.3 is 10.1 Å². The summed E-state index contributed by atoms with van der Waals surface area (Å²) >= 11 is 5.84. The molecule has 6 heteroatoms. The Balaban J connectivity index is 1.89. The Morgan fingerprint density at radius 2 is 1.87 bits per heavy atom. The third-order valence-electron chi connectivity index (χ3n) is 3.16. The molecule has 0 aliphatic carbocycles. The minimum Gasteiger partial charge on any atom is -0.495 e. The van der Waals surface area contributed by atoms with E-state index in [9.17, 15) is 4.79 Å². The average molecular weight is 332 g/mol. The SMILES string of the molecule is COc1ccccc1NCC(=O)N/N=C(/C)c1ccc(Cl)cc1. The predicted molar refractivity (Wildman–Crippen MR) is 93.3 cm³/mol. The van der Waals surface area contributed by atoms with E-state index in [-0.39, 0.29) is 12.5 Å². The van der Waals surface area contributed by atoms with Crippen molar-refractivity contribution in [1.82, 2.24) is 5.43 Å². The Hall–Kier alpha value is -2.53. The zero-order chi connectivity index (χ0) is 16.7. The predicted octanol–water partition coefficient (Wildman–Crippen LogP) is 3.30. The van der Waals surface area contributed by atoms with Gasteiger partial charge in [-0.2, -0.15) is 5.10 Å². The maximum Gasteiger partial charge on any atom is 0.259 e. The van der Waals surface area contributed by atoms with Crippen LogP contribution in [0.1, 0.15) is 12.5 Å². The number of benzene rings is 2. The van der Waals surface area contributed by atoms with Crippen LogP contribution in [-0.2, 0) is 4.79 Å². The van der Waals surface area contributed by atoms with Crippen LogP contribution in [0.15, 0.2) is 53.6 Å². The van der Waals surface area contributed by atoms with Crippen molar-refractivity contribution >= 4 is 28.9 Å². The van der Waals surface area contributed by atoms with Crippen molar-refractivity contribution in [1.29, 1.82) is 0 Å². The number of amides is 1. The second-order valence-corrected chi connectivity index (χ2v) is 5.23. The number of anilines is 1. The maximum atomic E-state index is 11.9. The highest BCUT2D eigenvalue weighted by atomic mass is 35.5. The third-order valence-corrected chi connectivity index (χ3v) is 3.41. The van der Waals surface area contributed by atoms with E-state index in [2.05, 4.69) is 15.8 Å². The molecule has 0 aliphatic heterocycles. The van der Waals surface area contributed by atoms with Crippen LogP contribution in [0.2, 0.25) is 5.02 Å². The number of carbonyl (C=O) groups is 1. The molecule has 120 valence electrons. The van der Waals surface area contributed by atoms with Crippen molar-refractivity contribution in [2.45, 2.75) is 6.92 Å². The minimum atomic E-state index is -0.246. The molecule has 0 heterocycles. The van der Waals surface area contributed by atoms with E-state index < -0.39 is 0 Å². The Kier molecular flexibility index (Phi) is 6.00. The average Bonchev–Trinajstić information content (AvgIpc) is 2.58. The van der Waals surface area contributed by atoms with Gasteiger partial charge in [0.05, 0.1) is 25.1 Å². The zero-order valence-electron chi connectivity index (χ0n) is 13.0. The highest BCUT2D eigenvalue weighted by Gasteiger charge is 2.04. The Labute approximate surface area is 140 Å². The number of nitrogens with zero attached hydrogens (tertiary/aromatic N) is 1. The molecule has 0 bridgehead atoms. The first-order valence-corrected chi connectivity index (χ1v) is 7.44. The van der Waals surface area contributed by atoms with E-state index in [1.807, 2.05) is 43.3 Å². The summed E-state index contributed by atoms with van der Waals surface area (Å²) in [5, 5.41) is 7.75. The van der Waals surface area contributed by atoms with Crippen LogP contribution in [0, 0.1) is 0 Å². The number of hydrazone groups is 1. The van der Waals surface area contributed by atoms with E-state index in [4.69, 9.17) is 16.3 Å². The van der Waals surface area contributed by atoms with Crippen molar-refractivity contribution in [3.63, 3.8) is 0 Å². The molecule has 2 aromatic rings. The molecule has 2 aromatic carbocycles. The van der Waals surface area contributed by atoms with Gasteiger partial charge in [0, 0.05) is 5.02 Å². The normalized spacial score (nSPS) is 11.0. The van der Waals surface area contributed by atoms with Crippen LogP contribution in [0.25, 0.3) is 0 Å². The summed E-state index contributed by atoms with van der Waals surface area (Å²) in [7, 11) is 1.58. The number of hydrogen-bond donors (Lipinski definition) is 2. The van der Waals surface area contributed by atoms with Crippen molar-refractivity contribution in [2.75, 3.05) is 19.0 Å². The van der Waals surface area contributed by atoms with Crippen molar-refractivity contribution in [3.05, 3.63) is 59.1 Å². The standard InChI is InChI=1S/C17H18ClN3O2/c1-12(13-7-9-14(18)10-8-13)20-21-17(22)11-19-15-5-3-4-6-16(15)23-2/h3-10,19H,11H2,1-2H3,(H,21,22)/b20-12-. The fourth-order valence-corrected chi connectivity index (χ4v) is 2.03. The van der Waals surface area contributed by atoms with E-state index in [1.54, 1.807) is 19.2 Å². The molecular formula is C17H18ClN3O2. The molecule has 0 unspecified atom stereocenters. The van der Waals surface area contributed by atoms with Gasteiger partial charge >= 0.3 is 0 Å². The molecule has 23 heavy (non-hydrogen) atoms. The maximum absolute atomic E-state index is 11.9. The molecule has 2 N–H and O–H groups in total. The molecule has 0 aromatic heterocycles. The van der Waals surface area contributed by atoms with E-state index in [0.29, 0.717) is 16.5 Å². The lowest BCUT2D eigenvalue weighted by Crippen LogP contribution is -2.26. The van der Waals surface area contributed by atoms with Crippen LogP contribution in [0.4, 0.5) is 5.69 Å². The Morgan fingerprint density at radius 3 is 2.57 bits per heavy atom. The van der Waals surface area contributed by atoms with Crippen molar-refractivity contribution in [2.24, 2.45) is 5.10 Å². The highest BCUT2D eigenvalue weighted by molar-refractivity contribution is 6.30. The topological polar surface area (TPSA) is 62.7 Å². The number of methoxy groups -OCH3 is 1. The van der Waals surface area contributed by atoms with Gasteiger partial charge in [-0.25, -0.2) is 5.43 Å². The van der Waals surface area contributed by atoms with Gasteiger partial charge in [0.1, 0.15) is 5.75 Å². The van der Waals surface area contributed by atoms with Crippen LogP contribution >= 0.6 is 11.6 Å². The lowest BCUT2D eigenvalue weighted by molar-refractivity contribution is -0.119. The van der Waals surface area contributed by atoms with Gasteiger partial charge in [-0.3, -0.25) is 4.79 Å². The van der Waals surface area contributed by atoms with Gasteiger partial charge in [0.25, 0.3) is 5.91 Å². The number of rotatable bonds is 6. The minimum absolute atomic E-state index is 0.0950. The number of para-hydroxylation sites is 2. The Bertz CT molecular complexity index is 699. The molecule has 0 saturated heterocycles. The molecule has 5 nitrogen and oxygen atoms in total. The smallest absolute Gasteiger partial charge is 0.259 e. The molecule has 1 amide bonds. The number of carbonyl (C=O) groups excluding carboxylic acids is 1. The largest absolute Gasteiger partial charge is 0.495 e. The lowest BCUT2D eigenvalue weighted by Gasteiger charge is -2.10. The van der Waals surface area contributed by atoms with E-state index in [0.717, 1.165) is 11.3 Å². The van der Waals surface area contributed by atoms with Gasteiger partial charge in [0.15, 0.2) is 0 Å². The van der Waals surface area contributed by atoms with Crippen molar-refractivity contribution < 1.29 is 9.53 Å². The monoisotopic (exact) mass is 331 g/mol. The van der Waals surface area contributed by atoms with Gasteiger partial charge in [-0.1, -0.05) is 35.9 Å². The van der Waals surface area contributed by atoms with Crippen LogP contribution in [0.3, 0.4) is 0 Å². The Morgan fingerprint density at radius 1 is 1.17 bits per heavy atom. The lowest BCUT2D eigenvalue weighted by atomic mass is 10.1. The summed E-state index contributed by atoms with van der Waals surface area (Å²) < 4.78 is 5.21. The van der Waals surface area contributed by atoms with E-state index in [1.165, 1.54) is 0 Å². The molecular weight excluding hydrogens is 314 g/mol. The van der Waals surface area contributed by atoms with E-state index >= 15 is 0 Å². The van der Waals surface area contributed by atoms with Gasteiger partial charge in [0.2, 0.25) is 0 Å². The molecule has 0 radical (unpaired) electrons. The fourth-order valence-electron chi connectivity index (χ4n) is 1.91. The molecule has 0 fully saturated rings. The first kappa shape index (κ1) is 16.8. The third kappa shape index (κ3) is 5.00. The summed E-state index contributed by atoms with van der Waals surface area (Å²) in [4.78, 5) is 11.9. The molecule has 0 spiro atoms. The second-order valence-electron chi connectivity index (χ2n) is 4.79. The van der Waals surface area contributed by atoms with Gasteiger partial charge in [-0.15, -0.1) is 0 Å². The summed E-state index contributed by atoms with van der Waals surface area (Å²) in [5.41, 5.74) is 4.87. The molecule has 2 rings (SSSR count). The second kappa shape index (κ2) is 8.19. The first-order valence-electron chi connectivity index (χ1n) is 7.06. The van der Waals surface area contributed by atoms with Crippen LogP contribution in [0.5, 0.6) is 5.75 Å². The summed E-state index contributed by atoms with van der Waals surface area (Å²) in [6.45, 7) is 1.91. The highest BCUT2D eigenvalue weighted by Crippen LogP contribution is 2.22. The van der Waals surface area contributed by atoms with Crippen LogP contribution < -0.4 is 15.5 Å². The van der Waals surface area contributed by atoms with Crippen molar-refractivity contribution in [3.8, 4) is 5.75 Å². The quantitative estimate of drug-likeness (QED) is 0.630. The number of nitrogens with one attached hydrogen (secondary N) is 2. The molecule has 0 saturated carbocycles. The van der Waals surface area contributed by atoms with Gasteiger partial charge in [-0.05, 0) is 36.8 Å². The molecule has 0 atom stereocenters. The summed E-state index contributed by atoms with van der Waals surface area (Å²) in [6.07, 6.45) is 0. The number of halogens is 1. The summed E-state index contributed by atoms with van der Waals surface area (Å²) in [6, 6.07) is 14.6. The summed E-state index contributed by atoms with van der Waals surface area (Å²) in [5.74, 6) is 0.436. The number of hydrogen-bond acceptors (Lipinski definition) is 4.